The number of carbonyl (C=O) groups is 1. The summed E-state index contributed by atoms with van der Waals surface area (Å²) in [4.78, 5) is 19.0. The van der Waals surface area contributed by atoms with Crippen LogP contribution in [0.1, 0.15) is 25.8 Å². The first-order valence-electron chi connectivity index (χ1n) is 9.53. The van der Waals surface area contributed by atoms with Gasteiger partial charge in [-0.2, -0.15) is 0 Å². The Hall–Kier alpha value is -1.59. The van der Waals surface area contributed by atoms with E-state index in [4.69, 9.17) is 0 Å². The van der Waals surface area contributed by atoms with Gasteiger partial charge in [-0.15, -0.1) is 0 Å². The maximum Gasteiger partial charge on any atom is 0.319 e. The minimum absolute atomic E-state index is 0.0468. The Morgan fingerprint density at radius 3 is 2.60 bits per heavy atom. The third kappa shape index (κ3) is 3.67. The number of fused-ring (bicyclic) bond motifs is 1. The Balaban J connectivity index is 1.67. The Bertz CT molecular complexity index is 576. The zero-order chi connectivity index (χ0) is 17.9. The van der Waals surface area contributed by atoms with E-state index in [1.165, 1.54) is 5.56 Å². The molecular weight excluding hydrogens is 314 g/mol. The number of piperidine rings is 1. The van der Waals surface area contributed by atoms with Crippen molar-refractivity contribution in [3.8, 4) is 0 Å². The molecule has 0 bridgehead atoms. The van der Waals surface area contributed by atoms with Crippen LogP contribution in [0.4, 0.5) is 4.79 Å². The fourth-order valence-electron chi connectivity index (χ4n) is 4.48. The van der Waals surface area contributed by atoms with Crippen molar-refractivity contribution in [3.05, 3.63) is 35.9 Å². The Morgan fingerprint density at radius 1 is 1.24 bits per heavy atom. The van der Waals surface area contributed by atoms with Gasteiger partial charge in [0.15, 0.2) is 0 Å². The summed E-state index contributed by atoms with van der Waals surface area (Å²) in [7, 11) is 0. The highest BCUT2D eigenvalue weighted by molar-refractivity contribution is 5.74. The number of hydrogen-bond acceptors (Lipinski definition) is 3. The van der Waals surface area contributed by atoms with Gasteiger partial charge < -0.3 is 14.9 Å². The van der Waals surface area contributed by atoms with Gasteiger partial charge in [-0.3, -0.25) is 4.90 Å². The van der Waals surface area contributed by atoms with Crippen LogP contribution in [0.3, 0.4) is 0 Å². The average Bonchev–Trinajstić information content (AvgIpc) is 3.01. The number of aliphatic hydroxyl groups excluding tert-OH is 1. The number of likely N-dealkylation sites (tertiary alicyclic amines) is 2. The highest BCUT2D eigenvalue weighted by Crippen LogP contribution is 2.43. The second-order valence-electron chi connectivity index (χ2n) is 7.52. The van der Waals surface area contributed by atoms with E-state index in [9.17, 15) is 9.90 Å². The van der Waals surface area contributed by atoms with E-state index < -0.39 is 0 Å². The average molecular weight is 345 g/mol. The van der Waals surface area contributed by atoms with Crippen molar-refractivity contribution in [1.82, 2.24) is 14.7 Å². The molecule has 2 heterocycles. The normalized spacial score (nSPS) is 26.5. The molecule has 1 aromatic carbocycles. The monoisotopic (exact) mass is 345 g/mol. The van der Waals surface area contributed by atoms with Gasteiger partial charge in [0.1, 0.15) is 0 Å². The van der Waals surface area contributed by atoms with Crippen LogP contribution in [-0.4, -0.2) is 71.7 Å². The van der Waals surface area contributed by atoms with Gasteiger partial charge in [0.2, 0.25) is 0 Å². The fraction of sp³-hybridized carbons (Fsp3) is 0.650. The summed E-state index contributed by atoms with van der Waals surface area (Å²) in [6, 6.07) is 10.7. The molecule has 0 aliphatic carbocycles. The van der Waals surface area contributed by atoms with E-state index in [0.29, 0.717) is 5.92 Å². The third-order valence-electron chi connectivity index (χ3n) is 6.07. The van der Waals surface area contributed by atoms with Gasteiger partial charge in [-0.05, 0) is 31.7 Å². The van der Waals surface area contributed by atoms with E-state index in [2.05, 4.69) is 29.2 Å². The molecule has 5 heteroatoms. The molecule has 2 fully saturated rings. The number of aliphatic hydroxyl groups is 1. The number of benzene rings is 1. The summed E-state index contributed by atoms with van der Waals surface area (Å²) in [5, 5.41) is 10.1. The van der Waals surface area contributed by atoms with Gasteiger partial charge in [0.25, 0.3) is 0 Å². The standard InChI is InChI=1S/C20H31N3O2/c1-3-22(4-2)19(25)23-11-10-20(16-24)15-21(13-18(20)14-23)12-17-8-6-5-7-9-17/h5-9,18,24H,3-4,10-16H2,1-2H3/t18-,20-/m0/s1. The summed E-state index contributed by atoms with van der Waals surface area (Å²) in [5.74, 6) is 0.356. The molecule has 2 amide bonds. The summed E-state index contributed by atoms with van der Waals surface area (Å²) < 4.78 is 0. The zero-order valence-electron chi connectivity index (χ0n) is 15.5. The molecule has 0 spiro atoms. The maximum absolute atomic E-state index is 12.7. The van der Waals surface area contributed by atoms with E-state index >= 15 is 0 Å². The number of amides is 2. The number of nitrogens with zero attached hydrogens (tertiary/aromatic N) is 3. The Labute approximate surface area is 151 Å². The van der Waals surface area contributed by atoms with Crippen molar-refractivity contribution in [2.24, 2.45) is 11.3 Å². The zero-order valence-corrected chi connectivity index (χ0v) is 15.5. The van der Waals surface area contributed by atoms with E-state index in [1.54, 1.807) is 0 Å². The predicted octanol–water partition coefficient (Wildman–Crippen LogP) is 2.26. The van der Waals surface area contributed by atoms with E-state index in [0.717, 1.165) is 52.2 Å². The lowest BCUT2D eigenvalue weighted by Crippen LogP contribution is -2.53. The van der Waals surface area contributed by atoms with Crippen LogP contribution in [-0.2, 0) is 6.54 Å². The topological polar surface area (TPSA) is 47.0 Å². The molecule has 2 atom stereocenters. The largest absolute Gasteiger partial charge is 0.396 e. The molecule has 25 heavy (non-hydrogen) atoms. The van der Waals surface area contributed by atoms with Crippen LogP contribution in [0.2, 0.25) is 0 Å². The predicted molar refractivity (Wildman–Crippen MR) is 99.2 cm³/mol. The smallest absolute Gasteiger partial charge is 0.319 e. The number of urea groups is 1. The van der Waals surface area contributed by atoms with Gasteiger partial charge in [-0.25, -0.2) is 4.79 Å². The first kappa shape index (κ1) is 18.2. The lowest BCUT2D eigenvalue weighted by molar-refractivity contribution is 0.0252. The van der Waals surface area contributed by atoms with Crippen molar-refractivity contribution < 1.29 is 9.90 Å². The first-order chi connectivity index (χ1) is 12.1. The van der Waals surface area contributed by atoms with Gasteiger partial charge in [-0.1, -0.05) is 30.3 Å². The molecule has 0 saturated carbocycles. The third-order valence-corrected chi connectivity index (χ3v) is 6.07. The lowest BCUT2D eigenvalue weighted by Gasteiger charge is -2.43. The number of rotatable bonds is 5. The molecular formula is C20H31N3O2. The summed E-state index contributed by atoms with van der Waals surface area (Å²) in [6.45, 7) is 10.1. The van der Waals surface area contributed by atoms with Crippen molar-refractivity contribution >= 4 is 6.03 Å². The van der Waals surface area contributed by atoms with Gasteiger partial charge in [0, 0.05) is 51.2 Å². The second kappa shape index (κ2) is 7.75. The highest BCUT2D eigenvalue weighted by Gasteiger charge is 2.49. The van der Waals surface area contributed by atoms with Crippen LogP contribution in [0.15, 0.2) is 30.3 Å². The molecule has 0 aromatic heterocycles. The van der Waals surface area contributed by atoms with Gasteiger partial charge >= 0.3 is 6.03 Å². The van der Waals surface area contributed by atoms with Crippen LogP contribution in [0.5, 0.6) is 0 Å². The lowest BCUT2D eigenvalue weighted by atomic mass is 9.73. The highest BCUT2D eigenvalue weighted by atomic mass is 16.3. The molecule has 0 unspecified atom stereocenters. The summed E-state index contributed by atoms with van der Waals surface area (Å²) >= 11 is 0. The number of hydrogen-bond donors (Lipinski definition) is 1. The van der Waals surface area contributed by atoms with Crippen LogP contribution in [0, 0.1) is 11.3 Å². The SMILES string of the molecule is CCN(CC)C(=O)N1CC[C@@]2(CO)CN(Cc3ccccc3)C[C@H]2C1. The minimum atomic E-state index is -0.0468. The van der Waals surface area contributed by atoms with Crippen LogP contribution < -0.4 is 0 Å². The number of carbonyl (C=O) groups excluding carboxylic acids is 1. The van der Waals surface area contributed by atoms with E-state index in [-0.39, 0.29) is 18.1 Å². The molecule has 2 saturated heterocycles. The van der Waals surface area contributed by atoms with Crippen molar-refractivity contribution in [3.63, 3.8) is 0 Å². The van der Waals surface area contributed by atoms with Crippen LogP contribution in [0.25, 0.3) is 0 Å². The van der Waals surface area contributed by atoms with Crippen molar-refractivity contribution in [1.29, 1.82) is 0 Å². The second-order valence-corrected chi connectivity index (χ2v) is 7.52. The summed E-state index contributed by atoms with van der Waals surface area (Å²) in [5.41, 5.74) is 1.26. The molecule has 1 N–H and O–H groups in total. The minimum Gasteiger partial charge on any atom is -0.396 e. The maximum atomic E-state index is 12.7. The Kier molecular flexibility index (Phi) is 5.64. The van der Waals surface area contributed by atoms with Crippen molar-refractivity contribution in [2.75, 3.05) is 45.9 Å². The first-order valence-corrected chi connectivity index (χ1v) is 9.53. The molecule has 138 valence electrons. The molecule has 0 radical (unpaired) electrons. The van der Waals surface area contributed by atoms with Crippen LogP contribution >= 0.6 is 0 Å². The van der Waals surface area contributed by atoms with E-state index in [1.807, 2.05) is 29.7 Å². The Morgan fingerprint density at radius 2 is 1.96 bits per heavy atom. The quantitative estimate of drug-likeness (QED) is 0.890. The van der Waals surface area contributed by atoms with Gasteiger partial charge in [0.05, 0.1) is 6.61 Å². The molecule has 5 nitrogen and oxygen atoms in total. The molecule has 2 aliphatic rings. The molecule has 1 aromatic rings. The molecule has 3 rings (SSSR count). The molecule has 2 aliphatic heterocycles. The fourth-order valence-corrected chi connectivity index (χ4v) is 4.48. The van der Waals surface area contributed by atoms with Crippen molar-refractivity contribution in [2.45, 2.75) is 26.8 Å². The summed E-state index contributed by atoms with van der Waals surface area (Å²) in [6.07, 6.45) is 0.895.